The van der Waals surface area contributed by atoms with E-state index in [-0.39, 0.29) is 0 Å². The molecule has 72 valence electrons. The monoisotopic (exact) mass is 189 g/mol. The van der Waals surface area contributed by atoms with E-state index < -0.39 is 0 Å². The van der Waals surface area contributed by atoms with Crippen molar-refractivity contribution in [3.8, 4) is 0 Å². The fourth-order valence-corrected chi connectivity index (χ4v) is 1.70. The number of aromatic nitrogens is 2. The molecule has 3 rings (SSSR count). The predicted octanol–water partition coefficient (Wildman–Crippen LogP) is 2.07. The highest BCUT2D eigenvalue weighted by molar-refractivity contribution is 5.82. The first-order valence-corrected chi connectivity index (χ1v) is 4.85. The third-order valence-electron chi connectivity index (χ3n) is 2.80. The van der Waals surface area contributed by atoms with E-state index in [0.717, 1.165) is 5.89 Å². The Balaban J connectivity index is 2.15. The van der Waals surface area contributed by atoms with E-state index in [1.54, 1.807) is 12.3 Å². The zero-order valence-corrected chi connectivity index (χ0v) is 7.73. The minimum Gasteiger partial charge on any atom is -0.422 e. The van der Waals surface area contributed by atoms with Gasteiger partial charge in [-0.1, -0.05) is 6.42 Å². The van der Waals surface area contributed by atoms with Gasteiger partial charge in [-0.2, -0.15) is 0 Å². The summed E-state index contributed by atoms with van der Waals surface area (Å²) < 4.78 is 5.55. The van der Waals surface area contributed by atoms with Crippen LogP contribution in [0.1, 0.15) is 31.1 Å². The molecule has 2 aromatic heterocycles. The van der Waals surface area contributed by atoms with Gasteiger partial charge in [-0.3, -0.25) is 0 Å². The van der Waals surface area contributed by atoms with Crippen LogP contribution in [0, 0.1) is 0 Å². The number of fused-ring (bicyclic) bond motifs is 1. The molecular weight excluding hydrogens is 178 g/mol. The number of nitrogens with two attached hydrogens (primary N) is 1. The van der Waals surface area contributed by atoms with Crippen molar-refractivity contribution in [2.75, 3.05) is 5.73 Å². The van der Waals surface area contributed by atoms with Crippen LogP contribution in [0.5, 0.6) is 0 Å². The van der Waals surface area contributed by atoms with Gasteiger partial charge >= 0.3 is 0 Å². The molecule has 0 amide bonds. The molecule has 1 aliphatic rings. The van der Waals surface area contributed by atoms with Crippen molar-refractivity contribution in [3.63, 3.8) is 0 Å². The molecule has 2 heterocycles. The molecule has 0 radical (unpaired) electrons. The molecule has 0 saturated heterocycles. The Bertz CT molecular complexity index is 473. The van der Waals surface area contributed by atoms with Crippen LogP contribution in [0.4, 0.5) is 5.69 Å². The number of rotatable bonds is 1. The van der Waals surface area contributed by atoms with Gasteiger partial charge in [-0.15, -0.1) is 0 Å². The molecule has 1 saturated carbocycles. The van der Waals surface area contributed by atoms with Gasteiger partial charge in [0.1, 0.15) is 0 Å². The molecule has 0 aromatic carbocycles. The summed E-state index contributed by atoms with van der Waals surface area (Å²) in [5, 5.41) is 0. The van der Waals surface area contributed by atoms with Crippen LogP contribution in [0.15, 0.2) is 16.7 Å². The number of nitrogens with zero attached hydrogens (tertiary/aromatic N) is 2. The van der Waals surface area contributed by atoms with E-state index in [1.807, 2.05) is 0 Å². The maximum atomic E-state index is 5.77. The molecule has 0 atom stereocenters. The molecule has 0 unspecified atom stereocenters. The van der Waals surface area contributed by atoms with Crippen LogP contribution in [0.25, 0.3) is 11.2 Å². The van der Waals surface area contributed by atoms with E-state index >= 15 is 0 Å². The SMILES string of the molecule is Nc1ccnc2oc(C3CCC3)nc12. The molecule has 0 aliphatic heterocycles. The number of oxazole rings is 1. The lowest BCUT2D eigenvalue weighted by atomic mass is 9.85. The summed E-state index contributed by atoms with van der Waals surface area (Å²) in [7, 11) is 0. The van der Waals surface area contributed by atoms with Crippen LogP contribution in [-0.2, 0) is 0 Å². The predicted molar refractivity (Wildman–Crippen MR) is 52.8 cm³/mol. The minimum atomic E-state index is 0.489. The van der Waals surface area contributed by atoms with Crippen LogP contribution in [0.2, 0.25) is 0 Å². The van der Waals surface area contributed by atoms with Crippen LogP contribution in [-0.4, -0.2) is 9.97 Å². The van der Waals surface area contributed by atoms with Gasteiger partial charge in [-0.25, -0.2) is 9.97 Å². The lowest BCUT2D eigenvalue weighted by Crippen LogP contribution is -2.08. The Kier molecular flexibility index (Phi) is 1.50. The quantitative estimate of drug-likeness (QED) is 0.745. The summed E-state index contributed by atoms with van der Waals surface area (Å²) in [5.41, 5.74) is 7.67. The maximum Gasteiger partial charge on any atom is 0.249 e. The van der Waals surface area contributed by atoms with E-state index in [0.29, 0.717) is 22.8 Å². The molecule has 4 nitrogen and oxygen atoms in total. The molecular formula is C10H11N3O. The summed E-state index contributed by atoms with van der Waals surface area (Å²) in [4.78, 5) is 8.47. The van der Waals surface area contributed by atoms with Crippen molar-refractivity contribution in [3.05, 3.63) is 18.2 Å². The fraction of sp³-hybridized carbons (Fsp3) is 0.400. The van der Waals surface area contributed by atoms with Gasteiger partial charge in [0.15, 0.2) is 5.52 Å². The molecule has 14 heavy (non-hydrogen) atoms. The second-order valence-corrected chi connectivity index (χ2v) is 3.73. The minimum absolute atomic E-state index is 0.489. The van der Waals surface area contributed by atoms with Gasteiger partial charge in [0.25, 0.3) is 0 Å². The highest BCUT2D eigenvalue weighted by Gasteiger charge is 2.25. The molecule has 1 aliphatic carbocycles. The van der Waals surface area contributed by atoms with Crippen molar-refractivity contribution in [1.29, 1.82) is 0 Å². The van der Waals surface area contributed by atoms with Crippen LogP contribution in [0.3, 0.4) is 0 Å². The van der Waals surface area contributed by atoms with Crippen molar-refractivity contribution in [2.24, 2.45) is 0 Å². The smallest absolute Gasteiger partial charge is 0.249 e. The van der Waals surface area contributed by atoms with E-state index in [9.17, 15) is 0 Å². The summed E-state index contributed by atoms with van der Waals surface area (Å²) in [6.45, 7) is 0. The van der Waals surface area contributed by atoms with E-state index in [1.165, 1.54) is 19.3 Å². The van der Waals surface area contributed by atoms with Crippen LogP contribution < -0.4 is 5.73 Å². The Morgan fingerprint density at radius 1 is 1.43 bits per heavy atom. The zero-order valence-electron chi connectivity index (χ0n) is 7.73. The molecule has 2 aromatic rings. The Labute approximate surface area is 81.1 Å². The topological polar surface area (TPSA) is 64.9 Å². The second kappa shape index (κ2) is 2.70. The molecule has 2 N–H and O–H groups in total. The first kappa shape index (κ1) is 7.79. The number of hydrogen-bond donors (Lipinski definition) is 1. The van der Waals surface area contributed by atoms with Crippen molar-refractivity contribution in [2.45, 2.75) is 25.2 Å². The van der Waals surface area contributed by atoms with Gasteiger partial charge < -0.3 is 10.2 Å². The highest BCUT2D eigenvalue weighted by atomic mass is 16.4. The first-order chi connectivity index (χ1) is 6.84. The summed E-state index contributed by atoms with van der Waals surface area (Å²) in [6, 6.07) is 1.75. The summed E-state index contributed by atoms with van der Waals surface area (Å²) in [6.07, 6.45) is 5.26. The third kappa shape index (κ3) is 0.999. The molecule has 0 spiro atoms. The second-order valence-electron chi connectivity index (χ2n) is 3.73. The van der Waals surface area contributed by atoms with Gasteiger partial charge in [0, 0.05) is 12.1 Å². The number of hydrogen-bond acceptors (Lipinski definition) is 4. The Hall–Kier alpha value is -1.58. The largest absolute Gasteiger partial charge is 0.422 e. The first-order valence-electron chi connectivity index (χ1n) is 4.85. The number of pyridine rings is 1. The molecule has 0 bridgehead atoms. The molecule has 4 heteroatoms. The summed E-state index contributed by atoms with van der Waals surface area (Å²) in [5.74, 6) is 1.29. The van der Waals surface area contributed by atoms with Crippen LogP contribution >= 0.6 is 0 Å². The van der Waals surface area contributed by atoms with E-state index in [4.69, 9.17) is 10.2 Å². The average Bonchev–Trinajstić information content (AvgIpc) is 2.46. The Morgan fingerprint density at radius 2 is 2.29 bits per heavy atom. The van der Waals surface area contributed by atoms with Gasteiger partial charge in [0.2, 0.25) is 11.6 Å². The zero-order chi connectivity index (χ0) is 9.54. The molecule has 1 fully saturated rings. The summed E-state index contributed by atoms with van der Waals surface area (Å²) >= 11 is 0. The van der Waals surface area contributed by atoms with E-state index in [2.05, 4.69) is 9.97 Å². The van der Waals surface area contributed by atoms with Gasteiger partial charge in [-0.05, 0) is 18.9 Å². The number of nitrogen functional groups attached to an aromatic ring is 1. The normalized spacial score (nSPS) is 17.1. The van der Waals surface area contributed by atoms with Crippen molar-refractivity contribution >= 4 is 16.9 Å². The highest BCUT2D eigenvalue weighted by Crippen LogP contribution is 2.37. The maximum absolute atomic E-state index is 5.77. The lowest BCUT2D eigenvalue weighted by molar-refractivity contribution is 0.342. The lowest BCUT2D eigenvalue weighted by Gasteiger charge is -2.21. The standard InChI is InChI=1S/C10H11N3O/c11-7-4-5-12-10-8(7)13-9(14-10)6-2-1-3-6/h4-6H,1-3H2,(H2,11,12). The van der Waals surface area contributed by atoms with Crippen molar-refractivity contribution in [1.82, 2.24) is 9.97 Å². The third-order valence-corrected chi connectivity index (χ3v) is 2.80. The van der Waals surface area contributed by atoms with Gasteiger partial charge in [0.05, 0.1) is 5.69 Å². The average molecular weight is 189 g/mol. The Morgan fingerprint density at radius 3 is 2.93 bits per heavy atom. The van der Waals surface area contributed by atoms with Crippen molar-refractivity contribution < 1.29 is 4.42 Å². The number of anilines is 1. The fourth-order valence-electron chi connectivity index (χ4n) is 1.70.